The molecule has 0 heterocycles. The first-order valence-corrected chi connectivity index (χ1v) is 5.77. The van der Waals surface area contributed by atoms with Crippen LogP contribution in [0.2, 0.25) is 0 Å². The van der Waals surface area contributed by atoms with E-state index in [9.17, 15) is 0 Å². The van der Waals surface area contributed by atoms with Gasteiger partial charge in [0.25, 0.3) is 0 Å². The van der Waals surface area contributed by atoms with Gasteiger partial charge in [-0.1, -0.05) is 19.9 Å². The Kier molecular flexibility index (Phi) is 2.38. The highest BCUT2D eigenvalue weighted by molar-refractivity contribution is 5.48. The van der Waals surface area contributed by atoms with Gasteiger partial charge in [-0.05, 0) is 66.8 Å². The molecule has 0 amide bonds. The molecule has 1 aliphatic carbocycles. The van der Waals surface area contributed by atoms with Crippen LogP contribution in [0.15, 0.2) is 6.07 Å². The lowest BCUT2D eigenvalue weighted by atomic mass is 9.90. The minimum absolute atomic E-state index is 0.787. The standard InChI is InChI=1S/C14H20/c1-5-12-8-13-7-6-9(2)14(13)11(4)10(12)3/h8-9H,5-7H2,1-4H3. The molecule has 1 aliphatic rings. The number of rotatable bonds is 1. The molecule has 76 valence electrons. The van der Waals surface area contributed by atoms with E-state index in [2.05, 4.69) is 33.8 Å². The summed E-state index contributed by atoms with van der Waals surface area (Å²) in [5.41, 5.74) is 7.91. The van der Waals surface area contributed by atoms with E-state index in [1.165, 1.54) is 24.8 Å². The fraction of sp³-hybridized carbons (Fsp3) is 0.571. The molecule has 1 aromatic carbocycles. The topological polar surface area (TPSA) is 0 Å². The molecule has 1 atom stereocenters. The molecule has 0 bridgehead atoms. The van der Waals surface area contributed by atoms with Gasteiger partial charge in [-0.25, -0.2) is 0 Å². The summed E-state index contributed by atoms with van der Waals surface area (Å²) < 4.78 is 0. The molecule has 1 aromatic rings. The van der Waals surface area contributed by atoms with Crippen LogP contribution in [-0.2, 0) is 12.8 Å². The third-order valence-corrected chi connectivity index (χ3v) is 3.86. The number of hydrogen-bond acceptors (Lipinski definition) is 0. The molecule has 0 N–H and O–H groups in total. The van der Waals surface area contributed by atoms with E-state index in [1.807, 2.05) is 0 Å². The molecule has 0 saturated heterocycles. The zero-order valence-corrected chi connectivity index (χ0v) is 9.78. The number of benzene rings is 1. The van der Waals surface area contributed by atoms with Gasteiger partial charge in [0.15, 0.2) is 0 Å². The lowest BCUT2D eigenvalue weighted by Gasteiger charge is -2.15. The summed E-state index contributed by atoms with van der Waals surface area (Å²) in [5.74, 6) is 0.787. The molecule has 14 heavy (non-hydrogen) atoms. The second kappa shape index (κ2) is 3.42. The molecule has 0 saturated carbocycles. The van der Waals surface area contributed by atoms with E-state index in [1.54, 1.807) is 22.3 Å². The molecule has 0 nitrogen and oxygen atoms in total. The predicted octanol–water partition coefficient (Wildman–Crippen LogP) is 3.92. The molecular formula is C14H20. The van der Waals surface area contributed by atoms with Gasteiger partial charge < -0.3 is 0 Å². The Bertz CT molecular complexity index is 361. The summed E-state index contributed by atoms with van der Waals surface area (Å²) in [6, 6.07) is 2.45. The third kappa shape index (κ3) is 1.28. The highest BCUT2D eigenvalue weighted by Gasteiger charge is 2.22. The first kappa shape index (κ1) is 9.76. The monoisotopic (exact) mass is 188 g/mol. The summed E-state index contributed by atoms with van der Waals surface area (Å²) in [6.07, 6.45) is 3.82. The van der Waals surface area contributed by atoms with E-state index in [0.717, 1.165) is 5.92 Å². The van der Waals surface area contributed by atoms with Crippen molar-refractivity contribution >= 4 is 0 Å². The van der Waals surface area contributed by atoms with Crippen molar-refractivity contribution in [3.8, 4) is 0 Å². The van der Waals surface area contributed by atoms with Crippen molar-refractivity contribution < 1.29 is 0 Å². The van der Waals surface area contributed by atoms with Crippen LogP contribution >= 0.6 is 0 Å². The molecule has 0 aromatic heterocycles. The summed E-state index contributed by atoms with van der Waals surface area (Å²) in [4.78, 5) is 0. The largest absolute Gasteiger partial charge is 0.0613 e. The Labute approximate surface area is 87.3 Å². The van der Waals surface area contributed by atoms with Gasteiger partial charge in [0.1, 0.15) is 0 Å². The van der Waals surface area contributed by atoms with Crippen LogP contribution in [0.1, 0.15) is 54.0 Å². The second-order valence-corrected chi connectivity index (χ2v) is 4.65. The number of hydrogen-bond donors (Lipinski definition) is 0. The first-order valence-electron chi connectivity index (χ1n) is 5.77. The van der Waals surface area contributed by atoms with E-state index in [-0.39, 0.29) is 0 Å². The molecule has 0 spiro atoms. The Morgan fingerprint density at radius 3 is 2.64 bits per heavy atom. The van der Waals surface area contributed by atoms with Gasteiger partial charge in [-0.3, -0.25) is 0 Å². The van der Waals surface area contributed by atoms with Crippen molar-refractivity contribution in [1.29, 1.82) is 0 Å². The van der Waals surface area contributed by atoms with Gasteiger partial charge >= 0.3 is 0 Å². The maximum Gasteiger partial charge on any atom is -0.0182 e. The van der Waals surface area contributed by atoms with Gasteiger partial charge in [0, 0.05) is 0 Å². The van der Waals surface area contributed by atoms with Crippen molar-refractivity contribution in [3.63, 3.8) is 0 Å². The van der Waals surface area contributed by atoms with E-state index in [0.29, 0.717) is 0 Å². The SMILES string of the molecule is CCc1cc2c(c(C)c1C)C(C)CC2. The van der Waals surface area contributed by atoms with Crippen molar-refractivity contribution in [2.75, 3.05) is 0 Å². The Morgan fingerprint density at radius 1 is 1.29 bits per heavy atom. The summed E-state index contributed by atoms with van der Waals surface area (Å²) in [6.45, 7) is 9.20. The average molecular weight is 188 g/mol. The molecule has 0 aliphatic heterocycles. The minimum atomic E-state index is 0.787. The average Bonchev–Trinajstić information content (AvgIpc) is 2.54. The quantitative estimate of drug-likeness (QED) is 0.626. The highest BCUT2D eigenvalue weighted by Crippen LogP contribution is 2.37. The maximum atomic E-state index is 2.45. The van der Waals surface area contributed by atoms with E-state index >= 15 is 0 Å². The smallest absolute Gasteiger partial charge is 0.0182 e. The van der Waals surface area contributed by atoms with Crippen molar-refractivity contribution in [3.05, 3.63) is 33.9 Å². The molecule has 0 fully saturated rings. The van der Waals surface area contributed by atoms with Crippen LogP contribution in [0.25, 0.3) is 0 Å². The zero-order valence-electron chi connectivity index (χ0n) is 9.78. The van der Waals surface area contributed by atoms with Crippen molar-refractivity contribution in [2.24, 2.45) is 0 Å². The number of fused-ring (bicyclic) bond motifs is 1. The third-order valence-electron chi connectivity index (χ3n) is 3.86. The molecule has 0 radical (unpaired) electrons. The predicted molar refractivity (Wildman–Crippen MR) is 62.0 cm³/mol. The Hall–Kier alpha value is -0.780. The van der Waals surface area contributed by atoms with E-state index < -0.39 is 0 Å². The zero-order chi connectivity index (χ0) is 10.3. The molecule has 1 unspecified atom stereocenters. The second-order valence-electron chi connectivity index (χ2n) is 4.65. The summed E-state index contributed by atoms with van der Waals surface area (Å²) in [7, 11) is 0. The normalized spacial score (nSPS) is 19.9. The van der Waals surface area contributed by atoms with Crippen LogP contribution in [0.3, 0.4) is 0 Å². The van der Waals surface area contributed by atoms with Crippen LogP contribution < -0.4 is 0 Å². The molecule has 0 heteroatoms. The summed E-state index contributed by atoms with van der Waals surface area (Å²) >= 11 is 0. The van der Waals surface area contributed by atoms with Gasteiger partial charge in [0.05, 0.1) is 0 Å². The minimum Gasteiger partial charge on any atom is -0.0613 e. The Morgan fingerprint density at radius 2 is 2.00 bits per heavy atom. The first-order chi connectivity index (χ1) is 6.65. The fourth-order valence-corrected chi connectivity index (χ4v) is 2.86. The van der Waals surface area contributed by atoms with Crippen molar-refractivity contribution in [1.82, 2.24) is 0 Å². The Balaban J connectivity index is 2.63. The van der Waals surface area contributed by atoms with Gasteiger partial charge in [0.2, 0.25) is 0 Å². The van der Waals surface area contributed by atoms with Gasteiger partial charge in [-0.2, -0.15) is 0 Å². The summed E-state index contributed by atoms with van der Waals surface area (Å²) in [5, 5.41) is 0. The lowest BCUT2D eigenvalue weighted by Crippen LogP contribution is -1.99. The van der Waals surface area contributed by atoms with Gasteiger partial charge in [-0.15, -0.1) is 0 Å². The fourth-order valence-electron chi connectivity index (χ4n) is 2.86. The van der Waals surface area contributed by atoms with Crippen LogP contribution in [0.4, 0.5) is 0 Å². The van der Waals surface area contributed by atoms with Crippen LogP contribution in [0, 0.1) is 13.8 Å². The lowest BCUT2D eigenvalue weighted by molar-refractivity contribution is 0.743. The maximum absolute atomic E-state index is 2.45. The van der Waals surface area contributed by atoms with Crippen LogP contribution in [-0.4, -0.2) is 0 Å². The highest BCUT2D eigenvalue weighted by atomic mass is 14.3. The van der Waals surface area contributed by atoms with Crippen molar-refractivity contribution in [2.45, 2.75) is 52.9 Å². The van der Waals surface area contributed by atoms with E-state index in [4.69, 9.17) is 0 Å². The van der Waals surface area contributed by atoms with Crippen LogP contribution in [0.5, 0.6) is 0 Å². The molecular weight excluding hydrogens is 168 g/mol. The number of aryl methyl sites for hydroxylation is 2. The molecule has 2 rings (SSSR count).